The summed E-state index contributed by atoms with van der Waals surface area (Å²) in [5, 5.41) is 5.26. The summed E-state index contributed by atoms with van der Waals surface area (Å²) in [5.41, 5.74) is 3.11. The van der Waals surface area contributed by atoms with Gasteiger partial charge in [-0.3, -0.25) is 9.59 Å². The van der Waals surface area contributed by atoms with Crippen LogP contribution in [-0.4, -0.2) is 42.4 Å². The van der Waals surface area contributed by atoms with Gasteiger partial charge in [-0.05, 0) is 31.2 Å². The SMILES string of the molecule is COc1ccc(NC(=O)CN(C)C(=O)c2csc(-c3ccc(C)cc3)n2)cc1. The third-order valence-corrected chi connectivity index (χ3v) is 5.01. The molecule has 0 radical (unpaired) electrons. The second-order valence-electron chi connectivity index (χ2n) is 6.34. The predicted octanol–water partition coefficient (Wildman–Crippen LogP) is 3.84. The Bertz CT molecular complexity index is 965. The second kappa shape index (κ2) is 8.67. The number of nitrogens with one attached hydrogen (secondary N) is 1. The lowest BCUT2D eigenvalue weighted by Crippen LogP contribution is -2.35. The van der Waals surface area contributed by atoms with E-state index in [-0.39, 0.29) is 18.4 Å². The summed E-state index contributed by atoms with van der Waals surface area (Å²) in [4.78, 5) is 30.6. The predicted molar refractivity (Wildman–Crippen MR) is 111 cm³/mol. The summed E-state index contributed by atoms with van der Waals surface area (Å²) in [6.07, 6.45) is 0. The quantitative estimate of drug-likeness (QED) is 0.688. The largest absolute Gasteiger partial charge is 0.497 e. The number of benzene rings is 2. The summed E-state index contributed by atoms with van der Waals surface area (Å²) < 4.78 is 5.09. The molecule has 0 spiro atoms. The van der Waals surface area contributed by atoms with Gasteiger partial charge in [-0.15, -0.1) is 11.3 Å². The van der Waals surface area contributed by atoms with Gasteiger partial charge >= 0.3 is 0 Å². The van der Waals surface area contributed by atoms with E-state index in [1.165, 1.54) is 21.8 Å². The zero-order valence-corrected chi connectivity index (χ0v) is 16.7. The number of carbonyl (C=O) groups is 2. The molecule has 0 unspecified atom stereocenters. The van der Waals surface area contributed by atoms with E-state index in [0.717, 1.165) is 10.6 Å². The van der Waals surface area contributed by atoms with Gasteiger partial charge in [0.1, 0.15) is 16.5 Å². The first-order valence-electron chi connectivity index (χ1n) is 8.68. The van der Waals surface area contributed by atoms with Crippen molar-refractivity contribution >= 4 is 28.8 Å². The molecular formula is C21H21N3O3S. The standard InChI is InChI=1S/C21H21N3O3S/c1-14-4-6-15(7-5-14)20-23-18(13-28-20)21(26)24(2)12-19(25)22-16-8-10-17(27-3)11-9-16/h4-11,13H,12H2,1-3H3,(H,22,25). The molecule has 2 amide bonds. The molecule has 0 bridgehead atoms. The third-order valence-electron chi connectivity index (χ3n) is 4.12. The lowest BCUT2D eigenvalue weighted by atomic mass is 10.2. The van der Waals surface area contributed by atoms with E-state index in [0.29, 0.717) is 17.1 Å². The molecule has 0 fully saturated rings. The van der Waals surface area contributed by atoms with Crippen LogP contribution in [-0.2, 0) is 4.79 Å². The van der Waals surface area contributed by atoms with E-state index >= 15 is 0 Å². The van der Waals surface area contributed by atoms with Crippen molar-refractivity contribution in [1.82, 2.24) is 9.88 Å². The molecule has 0 aliphatic rings. The van der Waals surface area contributed by atoms with Gasteiger partial charge in [0.2, 0.25) is 5.91 Å². The topological polar surface area (TPSA) is 71.5 Å². The fourth-order valence-corrected chi connectivity index (χ4v) is 3.36. The minimum absolute atomic E-state index is 0.0672. The molecule has 1 N–H and O–H groups in total. The van der Waals surface area contributed by atoms with Crippen LogP contribution in [0.15, 0.2) is 53.9 Å². The molecule has 0 saturated carbocycles. The summed E-state index contributed by atoms with van der Waals surface area (Å²) in [7, 11) is 3.16. The normalized spacial score (nSPS) is 10.4. The number of amides is 2. The van der Waals surface area contributed by atoms with Crippen molar-refractivity contribution in [3.8, 4) is 16.3 Å². The van der Waals surface area contributed by atoms with Crippen LogP contribution in [0, 0.1) is 6.92 Å². The number of hydrogen-bond donors (Lipinski definition) is 1. The molecular weight excluding hydrogens is 374 g/mol. The summed E-state index contributed by atoms with van der Waals surface area (Å²) in [5.74, 6) is 0.132. The number of likely N-dealkylation sites (N-methyl/N-ethyl adjacent to an activating group) is 1. The van der Waals surface area contributed by atoms with E-state index in [4.69, 9.17) is 4.74 Å². The molecule has 2 aromatic carbocycles. The fourth-order valence-electron chi connectivity index (χ4n) is 2.56. The Morgan fingerprint density at radius 2 is 1.79 bits per heavy atom. The molecule has 1 aromatic heterocycles. The highest BCUT2D eigenvalue weighted by Gasteiger charge is 2.18. The smallest absolute Gasteiger partial charge is 0.273 e. The maximum Gasteiger partial charge on any atom is 0.273 e. The highest BCUT2D eigenvalue weighted by atomic mass is 32.1. The van der Waals surface area contributed by atoms with Crippen LogP contribution < -0.4 is 10.1 Å². The number of nitrogens with zero attached hydrogens (tertiary/aromatic N) is 2. The molecule has 7 heteroatoms. The van der Waals surface area contributed by atoms with Gasteiger partial charge < -0.3 is 15.0 Å². The second-order valence-corrected chi connectivity index (χ2v) is 7.20. The number of rotatable bonds is 6. The molecule has 28 heavy (non-hydrogen) atoms. The van der Waals surface area contributed by atoms with Crippen LogP contribution in [0.3, 0.4) is 0 Å². The Morgan fingerprint density at radius 1 is 1.11 bits per heavy atom. The summed E-state index contributed by atoms with van der Waals surface area (Å²) in [6.45, 7) is 1.95. The maximum absolute atomic E-state index is 12.6. The molecule has 6 nitrogen and oxygen atoms in total. The maximum atomic E-state index is 12.6. The van der Waals surface area contributed by atoms with Crippen LogP contribution in [0.2, 0.25) is 0 Å². The van der Waals surface area contributed by atoms with Crippen LogP contribution in [0.4, 0.5) is 5.69 Å². The van der Waals surface area contributed by atoms with Gasteiger partial charge in [-0.2, -0.15) is 0 Å². The molecule has 0 atom stereocenters. The Kier molecular flexibility index (Phi) is 6.06. The van der Waals surface area contributed by atoms with Crippen LogP contribution in [0.1, 0.15) is 16.1 Å². The van der Waals surface area contributed by atoms with Crippen molar-refractivity contribution in [3.05, 3.63) is 65.2 Å². The third kappa shape index (κ3) is 4.75. The molecule has 1 heterocycles. The Hall–Kier alpha value is -3.19. The van der Waals surface area contributed by atoms with E-state index in [1.54, 1.807) is 43.8 Å². The lowest BCUT2D eigenvalue weighted by molar-refractivity contribution is -0.116. The number of hydrogen-bond acceptors (Lipinski definition) is 5. The minimum Gasteiger partial charge on any atom is -0.497 e. The van der Waals surface area contributed by atoms with Crippen molar-refractivity contribution in [2.24, 2.45) is 0 Å². The molecule has 3 aromatic rings. The van der Waals surface area contributed by atoms with E-state index in [9.17, 15) is 9.59 Å². The number of carbonyl (C=O) groups excluding carboxylic acids is 2. The van der Waals surface area contributed by atoms with Crippen molar-refractivity contribution < 1.29 is 14.3 Å². The van der Waals surface area contributed by atoms with Crippen molar-refractivity contribution in [2.45, 2.75) is 6.92 Å². The molecule has 0 saturated heterocycles. The molecule has 144 valence electrons. The Balaban J connectivity index is 1.60. The van der Waals surface area contributed by atoms with Crippen LogP contribution >= 0.6 is 11.3 Å². The van der Waals surface area contributed by atoms with Gasteiger partial charge in [0, 0.05) is 23.7 Å². The highest BCUT2D eigenvalue weighted by molar-refractivity contribution is 7.13. The van der Waals surface area contributed by atoms with Gasteiger partial charge in [0.05, 0.1) is 13.7 Å². The number of thiazole rings is 1. The van der Waals surface area contributed by atoms with Crippen LogP contribution in [0.25, 0.3) is 10.6 Å². The fraction of sp³-hybridized carbons (Fsp3) is 0.190. The first-order valence-corrected chi connectivity index (χ1v) is 9.56. The first kappa shape index (κ1) is 19.6. The van der Waals surface area contributed by atoms with Gasteiger partial charge in [0.15, 0.2) is 0 Å². The summed E-state index contributed by atoms with van der Waals surface area (Å²) >= 11 is 1.41. The average molecular weight is 395 g/mol. The first-order chi connectivity index (χ1) is 13.5. The average Bonchev–Trinajstić information content (AvgIpc) is 3.18. The van der Waals surface area contributed by atoms with Gasteiger partial charge in [-0.1, -0.05) is 29.8 Å². The molecule has 0 aliphatic carbocycles. The zero-order chi connectivity index (χ0) is 20.1. The van der Waals surface area contributed by atoms with Crippen molar-refractivity contribution in [1.29, 1.82) is 0 Å². The highest BCUT2D eigenvalue weighted by Crippen LogP contribution is 2.24. The number of ether oxygens (including phenoxy) is 1. The van der Waals surface area contributed by atoms with E-state index < -0.39 is 0 Å². The van der Waals surface area contributed by atoms with Crippen molar-refractivity contribution in [2.75, 3.05) is 26.0 Å². The van der Waals surface area contributed by atoms with E-state index in [1.807, 2.05) is 31.2 Å². The summed E-state index contributed by atoms with van der Waals surface area (Å²) in [6, 6.07) is 15.0. The molecule has 0 aliphatic heterocycles. The number of methoxy groups -OCH3 is 1. The van der Waals surface area contributed by atoms with Gasteiger partial charge in [0.25, 0.3) is 5.91 Å². The minimum atomic E-state index is -0.292. The number of aromatic nitrogens is 1. The number of aryl methyl sites for hydroxylation is 1. The Morgan fingerprint density at radius 3 is 2.43 bits per heavy atom. The number of anilines is 1. The zero-order valence-electron chi connectivity index (χ0n) is 15.9. The Labute approximate surface area is 167 Å². The van der Waals surface area contributed by atoms with Gasteiger partial charge in [-0.25, -0.2) is 4.98 Å². The lowest BCUT2D eigenvalue weighted by Gasteiger charge is -2.15. The van der Waals surface area contributed by atoms with Crippen molar-refractivity contribution in [3.63, 3.8) is 0 Å². The van der Waals surface area contributed by atoms with E-state index in [2.05, 4.69) is 10.3 Å². The molecule has 3 rings (SSSR count). The van der Waals surface area contributed by atoms with Crippen LogP contribution in [0.5, 0.6) is 5.75 Å². The monoisotopic (exact) mass is 395 g/mol.